The van der Waals surface area contributed by atoms with E-state index in [1.54, 1.807) is 0 Å². The number of hydrogen-bond donors (Lipinski definition) is 1. The summed E-state index contributed by atoms with van der Waals surface area (Å²) in [6.07, 6.45) is -0.850. The van der Waals surface area contributed by atoms with Crippen molar-refractivity contribution in [2.24, 2.45) is 0 Å². The van der Waals surface area contributed by atoms with Crippen molar-refractivity contribution in [3.63, 3.8) is 0 Å². The van der Waals surface area contributed by atoms with Gasteiger partial charge in [-0.15, -0.1) is 0 Å². The van der Waals surface area contributed by atoms with E-state index in [0.29, 0.717) is 19.8 Å². The minimum Gasteiger partial charge on any atom is -0.379 e. The Hall–Kier alpha value is -0.900. The SMILES string of the molecule is CCOCCOC(O)c1ccccc1. The molecule has 1 atom stereocenters. The van der Waals surface area contributed by atoms with E-state index in [2.05, 4.69) is 0 Å². The van der Waals surface area contributed by atoms with Crippen molar-refractivity contribution in [1.82, 2.24) is 0 Å². The van der Waals surface area contributed by atoms with Crippen LogP contribution < -0.4 is 0 Å². The highest BCUT2D eigenvalue weighted by Crippen LogP contribution is 2.12. The molecule has 0 aliphatic rings. The van der Waals surface area contributed by atoms with Crippen LogP contribution in [0.25, 0.3) is 0 Å². The topological polar surface area (TPSA) is 38.7 Å². The molecule has 0 radical (unpaired) electrons. The van der Waals surface area contributed by atoms with Crippen molar-refractivity contribution >= 4 is 0 Å². The van der Waals surface area contributed by atoms with E-state index in [4.69, 9.17) is 9.47 Å². The fraction of sp³-hybridized carbons (Fsp3) is 0.455. The Morgan fingerprint density at radius 3 is 2.57 bits per heavy atom. The second-order valence-corrected chi connectivity index (χ2v) is 2.83. The van der Waals surface area contributed by atoms with E-state index in [1.165, 1.54) is 0 Å². The van der Waals surface area contributed by atoms with Gasteiger partial charge in [0.05, 0.1) is 13.2 Å². The molecular formula is C11H16O3. The van der Waals surface area contributed by atoms with Crippen LogP contribution in [0.4, 0.5) is 0 Å². The van der Waals surface area contributed by atoms with Crippen molar-refractivity contribution in [3.05, 3.63) is 35.9 Å². The molecule has 78 valence electrons. The lowest BCUT2D eigenvalue weighted by atomic mass is 10.2. The van der Waals surface area contributed by atoms with Gasteiger partial charge in [-0.3, -0.25) is 0 Å². The molecular weight excluding hydrogens is 180 g/mol. The van der Waals surface area contributed by atoms with Gasteiger partial charge < -0.3 is 14.6 Å². The molecule has 0 saturated carbocycles. The van der Waals surface area contributed by atoms with Crippen molar-refractivity contribution in [2.45, 2.75) is 13.2 Å². The zero-order valence-electron chi connectivity index (χ0n) is 8.35. The zero-order chi connectivity index (χ0) is 10.2. The summed E-state index contributed by atoms with van der Waals surface area (Å²) in [5.74, 6) is 0. The van der Waals surface area contributed by atoms with Gasteiger partial charge in [-0.2, -0.15) is 0 Å². The van der Waals surface area contributed by atoms with Crippen LogP contribution in [0.1, 0.15) is 18.8 Å². The summed E-state index contributed by atoms with van der Waals surface area (Å²) in [6, 6.07) is 9.28. The molecule has 0 bridgehead atoms. The van der Waals surface area contributed by atoms with Crippen LogP contribution in [0, 0.1) is 0 Å². The summed E-state index contributed by atoms with van der Waals surface area (Å²) in [4.78, 5) is 0. The lowest BCUT2D eigenvalue weighted by molar-refractivity contribution is -0.115. The van der Waals surface area contributed by atoms with Gasteiger partial charge in [0.25, 0.3) is 0 Å². The fourth-order valence-electron chi connectivity index (χ4n) is 1.08. The molecule has 1 unspecified atom stereocenters. The van der Waals surface area contributed by atoms with Gasteiger partial charge in [0.2, 0.25) is 0 Å². The average molecular weight is 196 g/mol. The molecule has 14 heavy (non-hydrogen) atoms. The summed E-state index contributed by atoms with van der Waals surface area (Å²) in [5, 5.41) is 9.54. The molecule has 1 rings (SSSR count). The van der Waals surface area contributed by atoms with Crippen LogP contribution in [0.15, 0.2) is 30.3 Å². The van der Waals surface area contributed by atoms with Crippen LogP contribution in [0.5, 0.6) is 0 Å². The highest BCUT2D eigenvalue weighted by molar-refractivity contribution is 5.15. The zero-order valence-corrected chi connectivity index (χ0v) is 8.35. The van der Waals surface area contributed by atoms with Gasteiger partial charge in [0.15, 0.2) is 6.29 Å². The molecule has 1 N–H and O–H groups in total. The lowest BCUT2D eigenvalue weighted by Crippen LogP contribution is -2.09. The number of aliphatic hydroxyl groups is 1. The fourth-order valence-corrected chi connectivity index (χ4v) is 1.08. The van der Waals surface area contributed by atoms with Gasteiger partial charge in [0.1, 0.15) is 0 Å². The van der Waals surface area contributed by atoms with Gasteiger partial charge in [-0.05, 0) is 6.92 Å². The highest BCUT2D eigenvalue weighted by atomic mass is 16.6. The van der Waals surface area contributed by atoms with Crippen LogP contribution in [-0.2, 0) is 9.47 Å². The monoisotopic (exact) mass is 196 g/mol. The van der Waals surface area contributed by atoms with Gasteiger partial charge >= 0.3 is 0 Å². The predicted molar refractivity (Wildman–Crippen MR) is 53.8 cm³/mol. The maximum atomic E-state index is 9.54. The van der Waals surface area contributed by atoms with Gasteiger partial charge in [0, 0.05) is 12.2 Å². The Morgan fingerprint density at radius 2 is 1.93 bits per heavy atom. The third kappa shape index (κ3) is 3.87. The molecule has 3 heteroatoms. The number of rotatable bonds is 6. The maximum absolute atomic E-state index is 9.54. The maximum Gasteiger partial charge on any atom is 0.181 e. The standard InChI is InChI=1S/C11H16O3/c1-2-13-8-9-14-11(12)10-6-4-3-5-7-10/h3-7,11-12H,2,8-9H2,1H3. The molecule has 3 nitrogen and oxygen atoms in total. The summed E-state index contributed by atoms with van der Waals surface area (Å²) in [7, 11) is 0. The minimum atomic E-state index is -0.850. The smallest absolute Gasteiger partial charge is 0.181 e. The first-order valence-electron chi connectivity index (χ1n) is 4.77. The Morgan fingerprint density at radius 1 is 1.21 bits per heavy atom. The quantitative estimate of drug-likeness (QED) is 0.556. The first-order valence-corrected chi connectivity index (χ1v) is 4.77. The van der Waals surface area contributed by atoms with E-state index in [1.807, 2.05) is 37.3 Å². The number of benzene rings is 1. The first-order chi connectivity index (χ1) is 6.84. The van der Waals surface area contributed by atoms with Gasteiger partial charge in [-0.25, -0.2) is 0 Å². The largest absolute Gasteiger partial charge is 0.379 e. The molecule has 0 amide bonds. The molecule has 0 fully saturated rings. The van der Waals surface area contributed by atoms with Crippen molar-refractivity contribution in [3.8, 4) is 0 Å². The minimum absolute atomic E-state index is 0.407. The molecule has 0 saturated heterocycles. The van der Waals surface area contributed by atoms with Crippen LogP contribution in [-0.4, -0.2) is 24.9 Å². The Balaban J connectivity index is 2.25. The Labute approximate surface area is 84.3 Å². The summed E-state index contributed by atoms with van der Waals surface area (Å²) >= 11 is 0. The number of hydrogen-bond acceptors (Lipinski definition) is 3. The molecule has 0 heterocycles. The summed E-state index contributed by atoms with van der Waals surface area (Å²) in [6.45, 7) is 3.52. The third-order valence-corrected chi connectivity index (χ3v) is 1.79. The Bertz CT molecular complexity index is 236. The second kappa shape index (κ2) is 6.54. The third-order valence-electron chi connectivity index (χ3n) is 1.79. The van der Waals surface area contributed by atoms with E-state index in [0.717, 1.165) is 5.56 Å². The lowest BCUT2D eigenvalue weighted by Gasteiger charge is -2.11. The van der Waals surface area contributed by atoms with Crippen molar-refractivity contribution in [1.29, 1.82) is 0 Å². The Kier molecular flexibility index (Phi) is 5.22. The van der Waals surface area contributed by atoms with E-state index in [9.17, 15) is 5.11 Å². The first kappa shape index (κ1) is 11.2. The predicted octanol–water partition coefficient (Wildman–Crippen LogP) is 1.73. The highest BCUT2D eigenvalue weighted by Gasteiger charge is 2.05. The molecule has 0 aromatic heterocycles. The van der Waals surface area contributed by atoms with Crippen LogP contribution in [0.3, 0.4) is 0 Å². The summed E-state index contributed by atoms with van der Waals surface area (Å²) < 4.78 is 10.2. The van der Waals surface area contributed by atoms with E-state index < -0.39 is 6.29 Å². The average Bonchev–Trinajstić information content (AvgIpc) is 2.25. The molecule has 0 aliphatic carbocycles. The molecule has 0 aliphatic heterocycles. The summed E-state index contributed by atoms with van der Waals surface area (Å²) in [5.41, 5.74) is 0.768. The normalized spacial score (nSPS) is 12.7. The van der Waals surface area contributed by atoms with Crippen LogP contribution >= 0.6 is 0 Å². The van der Waals surface area contributed by atoms with Crippen LogP contribution in [0.2, 0.25) is 0 Å². The molecule has 0 spiro atoms. The van der Waals surface area contributed by atoms with Crippen molar-refractivity contribution in [2.75, 3.05) is 19.8 Å². The number of aliphatic hydroxyl groups excluding tert-OH is 1. The van der Waals surface area contributed by atoms with E-state index >= 15 is 0 Å². The van der Waals surface area contributed by atoms with Crippen molar-refractivity contribution < 1.29 is 14.6 Å². The second-order valence-electron chi connectivity index (χ2n) is 2.83. The van der Waals surface area contributed by atoms with Gasteiger partial charge in [-0.1, -0.05) is 30.3 Å². The number of ether oxygens (including phenoxy) is 2. The molecule has 1 aromatic rings. The van der Waals surface area contributed by atoms with E-state index in [-0.39, 0.29) is 0 Å². The molecule has 1 aromatic carbocycles.